The van der Waals surface area contributed by atoms with Crippen molar-refractivity contribution in [2.24, 2.45) is 0 Å². The first-order valence-corrected chi connectivity index (χ1v) is 7.02. The molecule has 114 valence electrons. The number of nitro groups is 1. The summed E-state index contributed by atoms with van der Waals surface area (Å²) in [5, 5.41) is 13.5. The van der Waals surface area contributed by atoms with Crippen LogP contribution in [-0.2, 0) is 17.8 Å². The van der Waals surface area contributed by atoms with E-state index in [1.807, 2.05) is 24.5 Å². The van der Waals surface area contributed by atoms with Gasteiger partial charge in [-0.1, -0.05) is 13.0 Å². The Balaban J connectivity index is 2.08. The second-order valence-corrected chi connectivity index (χ2v) is 5.04. The number of nitrogens with one attached hydrogen (secondary N) is 1. The molecule has 0 saturated heterocycles. The van der Waals surface area contributed by atoms with Gasteiger partial charge in [-0.15, -0.1) is 0 Å². The molecule has 6 nitrogen and oxygen atoms in total. The monoisotopic (exact) mass is 300 g/mol. The third-order valence-electron chi connectivity index (χ3n) is 3.40. The summed E-state index contributed by atoms with van der Waals surface area (Å²) in [7, 11) is 0. The van der Waals surface area contributed by atoms with Crippen LogP contribution in [0.15, 0.2) is 42.7 Å². The average Bonchev–Trinajstić information content (AvgIpc) is 2.50. The van der Waals surface area contributed by atoms with Crippen LogP contribution >= 0.6 is 0 Å². The number of carbonyl (C=O) groups excluding carboxylic acids is 1. The molecule has 2 aromatic rings. The number of non-ortho nitro benzene ring substituents is 1. The quantitative estimate of drug-likeness (QED) is 0.523. The van der Waals surface area contributed by atoms with Crippen molar-refractivity contribution in [1.82, 2.24) is 0 Å². The van der Waals surface area contributed by atoms with E-state index in [4.69, 9.17) is 0 Å². The third-order valence-corrected chi connectivity index (χ3v) is 3.40. The Morgan fingerprint density at radius 3 is 2.55 bits per heavy atom. The minimum Gasteiger partial charge on any atom is -0.320 e. The number of hydrogen-bond donors (Lipinski definition) is 1. The normalized spacial score (nSPS) is 10.3. The van der Waals surface area contributed by atoms with E-state index in [2.05, 4.69) is 12.2 Å². The van der Waals surface area contributed by atoms with E-state index in [1.54, 1.807) is 17.6 Å². The van der Waals surface area contributed by atoms with Gasteiger partial charge >= 0.3 is 0 Å². The van der Waals surface area contributed by atoms with Crippen LogP contribution < -0.4 is 9.88 Å². The van der Waals surface area contributed by atoms with E-state index < -0.39 is 4.92 Å². The Hall–Kier alpha value is -2.76. The molecule has 1 aromatic carbocycles. The van der Waals surface area contributed by atoms with Crippen LogP contribution in [0.3, 0.4) is 0 Å². The molecule has 1 heterocycles. The predicted octanol–water partition coefficient (Wildman–Crippen LogP) is 2.39. The number of nitro benzene ring substituents is 1. The van der Waals surface area contributed by atoms with Crippen molar-refractivity contribution in [3.8, 4) is 0 Å². The maximum Gasteiger partial charge on any atom is 0.290 e. The first-order valence-electron chi connectivity index (χ1n) is 7.02. The van der Waals surface area contributed by atoms with Crippen molar-refractivity contribution in [2.45, 2.75) is 26.8 Å². The lowest BCUT2D eigenvalue weighted by atomic mass is 10.2. The summed E-state index contributed by atoms with van der Waals surface area (Å²) >= 11 is 0. The van der Waals surface area contributed by atoms with Gasteiger partial charge in [-0.05, 0) is 24.5 Å². The van der Waals surface area contributed by atoms with E-state index in [-0.39, 0.29) is 18.1 Å². The largest absolute Gasteiger partial charge is 0.320 e. The molecule has 0 atom stereocenters. The first-order chi connectivity index (χ1) is 10.5. The zero-order valence-corrected chi connectivity index (χ0v) is 12.6. The van der Waals surface area contributed by atoms with Crippen molar-refractivity contribution in [2.75, 3.05) is 5.32 Å². The molecule has 0 saturated carbocycles. The molecule has 0 unspecified atom stereocenters. The molecule has 0 aliphatic rings. The summed E-state index contributed by atoms with van der Waals surface area (Å²) in [4.78, 5) is 22.4. The third kappa shape index (κ3) is 3.88. The van der Waals surface area contributed by atoms with Crippen molar-refractivity contribution in [1.29, 1.82) is 0 Å². The number of aromatic nitrogens is 1. The molecular formula is C16H18N3O3+. The minimum atomic E-state index is -0.479. The molecule has 0 bridgehead atoms. The summed E-state index contributed by atoms with van der Waals surface area (Å²) in [6, 6.07) is 8.34. The van der Waals surface area contributed by atoms with Crippen LogP contribution in [-0.4, -0.2) is 10.8 Å². The number of nitrogens with zero attached hydrogens (tertiary/aromatic N) is 2. The van der Waals surface area contributed by atoms with Gasteiger partial charge in [0, 0.05) is 24.3 Å². The lowest BCUT2D eigenvalue weighted by molar-refractivity contribution is -0.684. The first kappa shape index (κ1) is 15.6. The Morgan fingerprint density at radius 1 is 1.27 bits per heavy atom. The summed E-state index contributed by atoms with van der Waals surface area (Å²) in [6.45, 7) is 4.02. The van der Waals surface area contributed by atoms with Crippen LogP contribution in [0.1, 0.15) is 18.1 Å². The Morgan fingerprint density at radius 2 is 1.95 bits per heavy atom. The van der Waals surface area contributed by atoms with E-state index in [1.165, 1.54) is 17.7 Å². The molecule has 2 rings (SSSR count). The van der Waals surface area contributed by atoms with Gasteiger partial charge in [0.2, 0.25) is 6.54 Å². The molecule has 1 N–H and O–H groups in total. The second-order valence-electron chi connectivity index (χ2n) is 5.04. The molecule has 1 aromatic heterocycles. The van der Waals surface area contributed by atoms with E-state index in [0.717, 1.165) is 12.0 Å². The number of carbonyl (C=O) groups is 1. The number of amides is 1. The number of benzene rings is 1. The minimum absolute atomic E-state index is 0.0409. The molecule has 6 heteroatoms. The highest BCUT2D eigenvalue weighted by Gasteiger charge is 2.13. The molecule has 0 aliphatic heterocycles. The number of pyridine rings is 1. The zero-order chi connectivity index (χ0) is 16.1. The fourth-order valence-electron chi connectivity index (χ4n) is 2.04. The van der Waals surface area contributed by atoms with E-state index >= 15 is 0 Å². The van der Waals surface area contributed by atoms with Crippen LogP contribution in [0.5, 0.6) is 0 Å². The van der Waals surface area contributed by atoms with Gasteiger partial charge in [-0.25, -0.2) is 0 Å². The molecule has 0 aliphatic carbocycles. The van der Waals surface area contributed by atoms with Gasteiger partial charge in [0.15, 0.2) is 12.4 Å². The lowest BCUT2D eigenvalue weighted by Crippen LogP contribution is -2.39. The maximum atomic E-state index is 12.1. The number of anilines is 1. The lowest BCUT2D eigenvalue weighted by Gasteiger charge is -2.06. The topological polar surface area (TPSA) is 76.1 Å². The summed E-state index contributed by atoms with van der Waals surface area (Å²) in [6.07, 6.45) is 4.64. The van der Waals surface area contributed by atoms with Crippen molar-refractivity contribution in [3.05, 3.63) is 64.0 Å². The molecule has 1 amide bonds. The fourth-order valence-corrected chi connectivity index (χ4v) is 2.04. The van der Waals surface area contributed by atoms with Crippen molar-refractivity contribution >= 4 is 17.3 Å². The SMILES string of the molecule is CCc1cc[n+](CC(=O)Nc2cc([N+](=O)[O-])ccc2C)cc1. The standard InChI is InChI=1S/C16H17N3O3/c1-3-13-6-8-18(9-7-13)11-16(20)17-15-10-14(19(21)22)5-4-12(15)2/h4-10H,3,11H2,1-2H3/p+1. The fraction of sp³-hybridized carbons (Fsp3) is 0.250. The summed E-state index contributed by atoms with van der Waals surface area (Å²) in [5.41, 5.74) is 2.40. The molecule has 0 fully saturated rings. The summed E-state index contributed by atoms with van der Waals surface area (Å²) in [5.74, 6) is -0.224. The van der Waals surface area contributed by atoms with E-state index in [0.29, 0.717) is 5.69 Å². The maximum absolute atomic E-state index is 12.1. The smallest absolute Gasteiger partial charge is 0.290 e. The van der Waals surface area contributed by atoms with Gasteiger partial charge in [0.1, 0.15) is 0 Å². The van der Waals surface area contributed by atoms with Crippen LogP contribution in [0.4, 0.5) is 11.4 Å². The van der Waals surface area contributed by atoms with Crippen molar-refractivity contribution in [3.63, 3.8) is 0 Å². The van der Waals surface area contributed by atoms with Crippen molar-refractivity contribution < 1.29 is 14.3 Å². The molecule has 0 spiro atoms. The van der Waals surface area contributed by atoms with Gasteiger partial charge in [0.05, 0.1) is 10.6 Å². The Bertz CT molecular complexity index is 696. The molecule has 22 heavy (non-hydrogen) atoms. The predicted molar refractivity (Wildman–Crippen MR) is 82.5 cm³/mol. The van der Waals surface area contributed by atoms with Gasteiger partial charge in [0.25, 0.3) is 11.6 Å². The number of rotatable bonds is 5. The highest BCUT2D eigenvalue weighted by atomic mass is 16.6. The number of hydrogen-bond acceptors (Lipinski definition) is 3. The number of aryl methyl sites for hydroxylation is 2. The van der Waals surface area contributed by atoms with Crippen LogP contribution in [0.25, 0.3) is 0 Å². The highest BCUT2D eigenvalue weighted by molar-refractivity contribution is 5.90. The molecule has 0 radical (unpaired) electrons. The van der Waals surface area contributed by atoms with Gasteiger partial charge < -0.3 is 5.32 Å². The van der Waals surface area contributed by atoms with Crippen LogP contribution in [0.2, 0.25) is 0 Å². The molecular weight excluding hydrogens is 282 g/mol. The second kappa shape index (κ2) is 6.80. The Labute approximate surface area is 128 Å². The average molecular weight is 300 g/mol. The van der Waals surface area contributed by atoms with Gasteiger partial charge in [-0.3, -0.25) is 14.9 Å². The van der Waals surface area contributed by atoms with Gasteiger partial charge in [-0.2, -0.15) is 4.57 Å². The highest BCUT2D eigenvalue weighted by Crippen LogP contribution is 2.21. The van der Waals surface area contributed by atoms with E-state index in [9.17, 15) is 14.9 Å². The summed E-state index contributed by atoms with van der Waals surface area (Å²) < 4.78 is 1.77. The zero-order valence-electron chi connectivity index (χ0n) is 12.6. The van der Waals surface area contributed by atoms with Crippen LogP contribution in [0, 0.1) is 17.0 Å². The Kier molecular flexibility index (Phi) is 4.83.